The minimum atomic E-state index is 0.639. The van der Waals surface area contributed by atoms with Gasteiger partial charge in [-0.25, -0.2) is 0 Å². The van der Waals surface area contributed by atoms with Crippen molar-refractivity contribution >= 4 is 11.9 Å². The van der Waals surface area contributed by atoms with E-state index in [0.717, 1.165) is 61.5 Å². The van der Waals surface area contributed by atoms with Crippen LogP contribution in [0.1, 0.15) is 35.1 Å². The first kappa shape index (κ1) is 18.3. The summed E-state index contributed by atoms with van der Waals surface area (Å²) in [5, 5.41) is 12.5. The lowest BCUT2D eigenvalue weighted by Gasteiger charge is -2.29. The van der Waals surface area contributed by atoms with Crippen molar-refractivity contribution in [1.29, 1.82) is 5.26 Å². The van der Waals surface area contributed by atoms with E-state index in [1.807, 2.05) is 36.4 Å². The minimum absolute atomic E-state index is 0.639. The monoisotopic (exact) mass is 372 g/mol. The lowest BCUT2D eigenvalue weighted by molar-refractivity contribution is 0.233. The van der Waals surface area contributed by atoms with Gasteiger partial charge in [0.05, 0.1) is 18.2 Å². The maximum atomic E-state index is 9.32. The number of nitrogens with one attached hydrogen (secondary N) is 1. The predicted molar refractivity (Wildman–Crippen MR) is 111 cm³/mol. The van der Waals surface area contributed by atoms with Crippen LogP contribution in [-0.2, 0) is 13.0 Å². The average molecular weight is 372 g/mol. The maximum Gasteiger partial charge on any atom is 0.215 e. The summed E-state index contributed by atoms with van der Waals surface area (Å²) in [4.78, 5) is 6.94. The lowest BCUT2D eigenvalue weighted by Crippen LogP contribution is -2.32. The smallest absolute Gasteiger partial charge is 0.215 e. The highest BCUT2D eigenvalue weighted by Crippen LogP contribution is 2.25. The number of benzene rings is 1. The lowest BCUT2D eigenvalue weighted by atomic mass is 9.95. The third-order valence-electron chi connectivity index (χ3n) is 5.24. The van der Waals surface area contributed by atoms with Crippen molar-refractivity contribution in [2.75, 3.05) is 25.0 Å². The molecular formula is C23H24N4O. The van der Waals surface area contributed by atoms with Crippen LogP contribution in [0.5, 0.6) is 5.88 Å². The van der Waals surface area contributed by atoms with Gasteiger partial charge in [0.25, 0.3) is 0 Å². The third-order valence-corrected chi connectivity index (χ3v) is 5.24. The van der Waals surface area contributed by atoms with Crippen molar-refractivity contribution in [3.8, 4) is 11.9 Å². The second-order valence-corrected chi connectivity index (χ2v) is 7.21. The van der Waals surface area contributed by atoms with E-state index in [2.05, 4.69) is 33.9 Å². The Labute approximate surface area is 166 Å². The molecule has 1 N–H and O–H groups in total. The summed E-state index contributed by atoms with van der Waals surface area (Å²) in [6.45, 7) is 7.49. The molecule has 2 aliphatic rings. The first-order valence-corrected chi connectivity index (χ1v) is 9.74. The molecule has 142 valence electrons. The molecule has 28 heavy (non-hydrogen) atoms. The van der Waals surface area contributed by atoms with Gasteiger partial charge in [-0.3, -0.25) is 4.90 Å². The molecule has 5 heteroatoms. The van der Waals surface area contributed by atoms with E-state index >= 15 is 0 Å². The molecule has 1 aromatic carbocycles. The number of allylic oxidation sites excluding steroid dienone is 1. The molecule has 0 atom stereocenters. The fourth-order valence-electron chi connectivity index (χ4n) is 3.70. The van der Waals surface area contributed by atoms with E-state index in [0.29, 0.717) is 12.5 Å². The molecule has 0 bridgehead atoms. The number of hydrogen-bond donors (Lipinski definition) is 1. The van der Waals surface area contributed by atoms with Crippen LogP contribution in [0.15, 0.2) is 48.7 Å². The quantitative estimate of drug-likeness (QED) is 0.773. The number of ether oxygens (including phenoxy) is 1. The Bertz CT molecular complexity index is 958. The number of nitrogens with zero attached hydrogens (tertiary/aromatic N) is 3. The van der Waals surface area contributed by atoms with Gasteiger partial charge >= 0.3 is 0 Å². The second kappa shape index (κ2) is 8.28. The fourth-order valence-corrected chi connectivity index (χ4v) is 3.70. The summed E-state index contributed by atoms with van der Waals surface area (Å²) in [6, 6.07) is 12.3. The third kappa shape index (κ3) is 4.08. The van der Waals surface area contributed by atoms with Crippen LogP contribution in [0.2, 0.25) is 0 Å². The van der Waals surface area contributed by atoms with Crippen LogP contribution in [0.25, 0.3) is 6.08 Å². The van der Waals surface area contributed by atoms with Crippen molar-refractivity contribution in [2.24, 2.45) is 0 Å². The zero-order valence-electron chi connectivity index (χ0n) is 15.9. The molecule has 0 fully saturated rings. The topological polar surface area (TPSA) is 61.2 Å². The number of aromatic nitrogens is 1. The number of anilines is 1. The number of rotatable bonds is 6. The SMILES string of the molecule is C=C1C=Cc2ccc(OCCCCN3CCc4cccc(C#N)c4C3)nc2N1. The number of pyridine rings is 1. The summed E-state index contributed by atoms with van der Waals surface area (Å²) in [5.74, 6) is 1.44. The Morgan fingerprint density at radius 2 is 2.14 bits per heavy atom. The molecule has 0 spiro atoms. The molecule has 0 saturated heterocycles. The maximum absolute atomic E-state index is 9.32. The highest BCUT2D eigenvalue weighted by atomic mass is 16.5. The molecule has 4 rings (SSSR count). The molecule has 0 aliphatic carbocycles. The van der Waals surface area contributed by atoms with Gasteiger partial charge in [-0.2, -0.15) is 10.2 Å². The Morgan fingerprint density at radius 1 is 1.21 bits per heavy atom. The molecule has 3 heterocycles. The van der Waals surface area contributed by atoms with Gasteiger partial charge in [0.2, 0.25) is 5.88 Å². The zero-order chi connectivity index (χ0) is 19.3. The summed E-state index contributed by atoms with van der Waals surface area (Å²) >= 11 is 0. The molecule has 1 aromatic heterocycles. The average Bonchev–Trinajstić information content (AvgIpc) is 2.72. The van der Waals surface area contributed by atoms with Crippen molar-refractivity contribution < 1.29 is 4.74 Å². The summed E-state index contributed by atoms with van der Waals surface area (Å²) < 4.78 is 5.82. The van der Waals surface area contributed by atoms with E-state index in [1.54, 1.807) is 0 Å². The fraction of sp³-hybridized carbons (Fsp3) is 0.304. The highest BCUT2D eigenvalue weighted by Gasteiger charge is 2.18. The van der Waals surface area contributed by atoms with E-state index in [1.165, 1.54) is 11.1 Å². The van der Waals surface area contributed by atoms with Crippen molar-refractivity contribution in [2.45, 2.75) is 25.8 Å². The number of fused-ring (bicyclic) bond motifs is 2. The van der Waals surface area contributed by atoms with E-state index in [4.69, 9.17) is 4.74 Å². The van der Waals surface area contributed by atoms with Gasteiger partial charge in [-0.05, 0) is 61.2 Å². The molecule has 2 aliphatic heterocycles. The van der Waals surface area contributed by atoms with Crippen LogP contribution in [-0.4, -0.2) is 29.6 Å². The van der Waals surface area contributed by atoms with Crippen LogP contribution < -0.4 is 10.1 Å². The molecule has 0 radical (unpaired) electrons. The molecule has 2 aromatic rings. The molecule has 0 amide bonds. The summed E-state index contributed by atoms with van der Waals surface area (Å²) in [6.07, 6.45) is 6.99. The Hall–Kier alpha value is -3.10. The van der Waals surface area contributed by atoms with Gasteiger partial charge < -0.3 is 10.1 Å². The summed E-state index contributed by atoms with van der Waals surface area (Å²) in [5.41, 5.74) is 5.22. The van der Waals surface area contributed by atoms with Crippen LogP contribution in [0.4, 0.5) is 5.82 Å². The minimum Gasteiger partial charge on any atom is -0.478 e. The Kier molecular flexibility index (Phi) is 5.41. The van der Waals surface area contributed by atoms with Gasteiger partial charge in [-0.15, -0.1) is 0 Å². The molecule has 0 saturated carbocycles. The van der Waals surface area contributed by atoms with Crippen molar-refractivity contribution in [1.82, 2.24) is 9.88 Å². The normalized spacial score (nSPS) is 15.3. The standard InChI is InChI=1S/C23H24N4O/c1-17-7-8-19-9-10-22(26-23(19)25-17)28-14-3-2-12-27-13-11-18-5-4-6-20(15-24)21(18)16-27/h4-10H,1-3,11-14,16H2,(H,25,26). The summed E-state index contributed by atoms with van der Waals surface area (Å²) in [7, 11) is 0. The number of hydrogen-bond acceptors (Lipinski definition) is 5. The van der Waals surface area contributed by atoms with Crippen LogP contribution in [0, 0.1) is 11.3 Å². The number of unbranched alkanes of at least 4 members (excludes halogenated alkanes) is 1. The molecule has 5 nitrogen and oxygen atoms in total. The van der Waals surface area contributed by atoms with Gasteiger partial charge in [-0.1, -0.05) is 18.7 Å². The second-order valence-electron chi connectivity index (χ2n) is 7.21. The highest BCUT2D eigenvalue weighted by molar-refractivity contribution is 5.71. The van der Waals surface area contributed by atoms with Gasteiger partial charge in [0.1, 0.15) is 5.82 Å². The van der Waals surface area contributed by atoms with Crippen molar-refractivity contribution in [3.63, 3.8) is 0 Å². The predicted octanol–water partition coefficient (Wildman–Crippen LogP) is 4.12. The molecular weight excluding hydrogens is 348 g/mol. The van der Waals surface area contributed by atoms with Gasteiger partial charge in [0, 0.05) is 30.4 Å². The largest absolute Gasteiger partial charge is 0.478 e. The van der Waals surface area contributed by atoms with E-state index < -0.39 is 0 Å². The first-order valence-electron chi connectivity index (χ1n) is 9.74. The van der Waals surface area contributed by atoms with E-state index in [-0.39, 0.29) is 0 Å². The van der Waals surface area contributed by atoms with Crippen LogP contribution in [0.3, 0.4) is 0 Å². The zero-order valence-corrected chi connectivity index (χ0v) is 15.9. The van der Waals surface area contributed by atoms with Crippen LogP contribution >= 0.6 is 0 Å². The van der Waals surface area contributed by atoms with E-state index in [9.17, 15) is 5.26 Å². The van der Waals surface area contributed by atoms with Gasteiger partial charge in [0.15, 0.2) is 0 Å². The Balaban J connectivity index is 1.23. The molecule has 0 unspecified atom stereocenters. The Morgan fingerprint density at radius 3 is 3.04 bits per heavy atom. The van der Waals surface area contributed by atoms with Crippen molar-refractivity contribution in [3.05, 3.63) is 70.9 Å². The first-order chi connectivity index (χ1) is 13.7. The number of nitriles is 1.